The van der Waals surface area contributed by atoms with Gasteiger partial charge in [0.25, 0.3) is 0 Å². The Morgan fingerprint density at radius 3 is 2.61 bits per heavy atom. The fourth-order valence-corrected chi connectivity index (χ4v) is 5.08. The molecule has 7 nitrogen and oxygen atoms in total. The molecule has 3 aromatic heterocycles. The van der Waals surface area contributed by atoms with Crippen molar-refractivity contribution in [3.8, 4) is 0 Å². The summed E-state index contributed by atoms with van der Waals surface area (Å²) in [6.45, 7) is 2.26. The lowest BCUT2D eigenvalue weighted by atomic mass is 9.79. The van der Waals surface area contributed by atoms with Crippen LogP contribution in [0.5, 0.6) is 0 Å². The number of fused-ring (bicyclic) bond motifs is 3. The molecule has 0 spiro atoms. The van der Waals surface area contributed by atoms with Crippen molar-refractivity contribution in [1.82, 2.24) is 24.3 Å². The number of aromatic nitrogens is 4. The van der Waals surface area contributed by atoms with E-state index in [-0.39, 0.29) is 11.8 Å². The van der Waals surface area contributed by atoms with Gasteiger partial charge in [0.1, 0.15) is 0 Å². The maximum atomic E-state index is 11.5. The largest absolute Gasteiger partial charge is 0.369 e. The molecule has 0 atom stereocenters. The van der Waals surface area contributed by atoms with Crippen molar-refractivity contribution >= 4 is 22.7 Å². The number of nitrogens with two attached hydrogens (primary N) is 1. The van der Waals surface area contributed by atoms with Crippen molar-refractivity contribution < 1.29 is 4.79 Å². The zero-order valence-corrected chi connectivity index (χ0v) is 16.4. The molecule has 0 radical (unpaired) electrons. The second kappa shape index (κ2) is 6.88. The third-order valence-corrected chi connectivity index (χ3v) is 6.87. The van der Waals surface area contributed by atoms with Crippen LogP contribution in [0.25, 0.3) is 16.8 Å². The average molecular weight is 380 g/mol. The van der Waals surface area contributed by atoms with E-state index in [9.17, 15) is 4.79 Å². The maximum Gasteiger partial charge on any atom is 0.220 e. The quantitative estimate of drug-likeness (QED) is 0.731. The zero-order valence-electron chi connectivity index (χ0n) is 16.4. The number of piperidine rings is 1. The van der Waals surface area contributed by atoms with Gasteiger partial charge >= 0.3 is 0 Å². The SMILES string of the molecule is CN1CCC(c2cn3c(cnc4[nH]cc(C5CCC(C(N)=O)CC5)c43)n2)CC1. The van der Waals surface area contributed by atoms with Crippen LogP contribution >= 0.6 is 0 Å². The number of carbonyl (C=O) groups is 1. The normalized spacial score (nSPS) is 24.9. The first-order valence-electron chi connectivity index (χ1n) is 10.4. The predicted octanol–water partition coefficient (Wildman–Crippen LogP) is 2.78. The predicted molar refractivity (Wildman–Crippen MR) is 108 cm³/mol. The summed E-state index contributed by atoms with van der Waals surface area (Å²) >= 11 is 0. The van der Waals surface area contributed by atoms with Crippen LogP contribution in [0, 0.1) is 5.92 Å². The van der Waals surface area contributed by atoms with Crippen LogP contribution in [0.2, 0.25) is 0 Å². The van der Waals surface area contributed by atoms with Crippen LogP contribution in [0.3, 0.4) is 0 Å². The number of amides is 1. The average Bonchev–Trinajstić information content (AvgIpc) is 3.32. The lowest BCUT2D eigenvalue weighted by Gasteiger charge is -2.27. The van der Waals surface area contributed by atoms with Gasteiger partial charge in [0, 0.05) is 24.2 Å². The highest BCUT2D eigenvalue weighted by Gasteiger charge is 2.28. The van der Waals surface area contributed by atoms with Gasteiger partial charge in [0.05, 0.1) is 17.4 Å². The molecular formula is C21H28N6O. The molecule has 1 aliphatic heterocycles. The van der Waals surface area contributed by atoms with Gasteiger partial charge in [0.2, 0.25) is 5.91 Å². The number of H-pyrrole nitrogens is 1. The van der Waals surface area contributed by atoms with Crippen molar-refractivity contribution in [2.75, 3.05) is 20.1 Å². The van der Waals surface area contributed by atoms with Crippen molar-refractivity contribution in [2.45, 2.75) is 50.4 Å². The summed E-state index contributed by atoms with van der Waals surface area (Å²) in [6, 6.07) is 0. The molecule has 3 aromatic rings. The van der Waals surface area contributed by atoms with E-state index < -0.39 is 0 Å². The van der Waals surface area contributed by atoms with Gasteiger partial charge in [0.15, 0.2) is 11.3 Å². The van der Waals surface area contributed by atoms with E-state index in [4.69, 9.17) is 10.7 Å². The number of nitrogens with zero attached hydrogens (tertiary/aromatic N) is 4. The number of aromatic amines is 1. The molecular weight excluding hydrogens is 352 g/mol. The van der Waals surface area contributed by atoms with E-state index in [0.717, 1.165) is 68.4 Å². The molecule has 4 heterocycles. The Hall–Kier alpha value is -2.41. The smallest absolute Gasteiger partial charge is 0.220 e. The van der Waals surface area contributed by atoms with Gasteiger partial charge in [-0.3, -0.25) is 9.20 Å². The van der Waals surface area contributed by atoms with Gasteiger partial charge < -0.3 is 15.6 Å². The summed E-state index contributed by atoms with van der Waals surface area (Å²) < 4.78 is 2.22. The van der Waals surface area contributed by atoms with Crippen molar-refractivity contribution in [1.29, 1.82) is 0 Å². The van der Waals surface area contributed by atoms with Crippen LogP contribution in [-0.2, 0) is 4.79 Å². The lowest BCUT2D eigenvalue weighted by molar-refractivity contribution is -0.122. The number of hydrogen-bond acceptors (Lipinski definition) is 4. The molecule has 1 aliphatic carbocycles. The number of nitrogens with one attached hydrogen (secondary N) is 1. The van der Waals surface area contributed by atoms with Gasteiger partial charge in [-0.2, -0.15) is 0 Å². The summed E-state index contributed by atoms with van der Waals surface area (Å²) in [5.41, 5.74) is 11.0. The Morgan fingerprint density at radius 2 is 1.89 bits per heavy atom. The first-order chi connectivity index (χ1) is 13.6. The summed E-state index contributed by atoms with van der Waals surface area (Å²) in [5.74, 6) is 0.841. The molecule has 3 N–H and O–H groups in total. The summed E-state index contributed by atoms with van der Waals surface area (Å²) in [7, 11) is 2.19. The second-order valence-corrected chi connectivity index (χ2v) is 8.62. The van der Waals surface area contributed by atoms with E-state index in [0.29, 0.717) is 11.8 Å². The molecule has 1 saturated carbocycles. The van der Waals surface area contributed by atoms with Gasteiger partial charge in [-0.1, -0.05) is 0 Å². The number of rotatable bonds is 3. The maximum absolute atomic E-state index is 11.5. The molecule has 148 valence electrons. The monoisotopic (exact) mass is 380 g/mol. The molecule has 0 unspecified atom stereocenters. The fourth-order valence-electron chi connectivity index (χ4n) is 5.08. The molecule has 2 aliphatic rings. The second-order valence-electron chi connectivity index (χ2n) is 8.62. The van der Waals surface area contributed by atoms with E-state index >= 15 is 0 Å². The summed E-state index contributed by atoms with van der Waals surface area (Å²) in [5, 5.41) is 0. The standard InChI is InChI=1S/C21H28N6O/c1-26-8-6-14(7-9-26)17-12-27-18(25-17)11-24-21-19(27)16(10-23-21)13-2-4-15(5-3-13)20(22)28/h10-15,23H,2-9H2,1H3,(H2,22,28). The number of hydrogen-bond donors (Lipinski definition) is 2. The topological polar surface area (TPSA) is 92.3 Å². The Kier molecular flexibility index (Phi) is 4.34. The van der Waals surface area contributed by atoms with Gasteiger partial charge in [-0.15, -0.1) is 0 Å². The molecule has 1 saturated heterocycles. The van der Waals surface area contributed by atoms with Crippen LogP contribution < -0.4 is 5.73 Å². The van der Waals surface area contributed by atoms with Crippen LogP contribution in [0.15, 0.2) is 18.6 Å². The Balaban J connectivity index is 1.49. The minimum Gasteiger partial charge on any atom is -0.369 e. The van der Waals surface area contributed by atoms with Crippen molar-refractivity contribution in [3.05, 3.63) is 29.8 Å². The molecule has 0 aromatic carbocycles. The summed E-state index contributed by atoms with van der Waals surface area (Å²) in [6.07, 6.45) is 12.2. The first kappa shape index (κ1) is 17.7. The molecule has 1 amide bonds. The van der Waals surface area contributed by atoms with E-state index in [1.165, 1.54) is 11.3 Å². The lowest BCUT2D eigenvalue weighted by Crippen LogP contribution is -2.29. The third kappa shape index (κ3) is 2.98. The Bertz CT molecular complexity index is 1000. The van der Waals surface area contributed by atoms with E-state index in [1.54, 1.807) is 0 Å². The number of carbonyl (C=O) groups excluding carboxylic acids is 1. The number of likely N-dealkylation sites (tertiary alicyclic amines) is 1. The van der Waals surface area contributed by atoms with Crippen molar-refractivity contribution in [2.24, 2.45) is 11.7 Å². The van der Waals surface area contributed by atoms with Crippen LogP contribution in [0.4, 0.5) is 0 Å². The van der Waals surface area contributed by atoms with E-state index in [2.05, 4.69) is 38.7 Å². The zero-order chi connectivity index (χ0) is 19.3. The molecule has 5 rings (SSSR count). The van der Waals surface area contributed by atoms with E-state index in [1.807, 2.05) is 6.20 Å². The number of imidazole rings is 1. The highest BCUT2D eigenvalue weighted by Crippen LogP contribution is 2.39. The van der Waals surface area contributed by atoms with Gasteiger partial charge in [-0.25, -0.2) is 9.97 Å². The highest BCUT2D eigenvalue weighted by atomic mass is 16.1. The van der Waals surface area contributed by atoms with Crippen LogP contribution in [-0.4, -0.2) is 50.3 Å². The summed E-state index contributed by atoms with van der Waals surface area (Å²) in [4.78, 5) is 26.8. The third-order valence-electron chi connectivity index (χ3n) is 6.87. The molecule has 2 fully saturated rings. The first-order valence-corrected chi connectivity index (χ1v) is 10.4. The molecule has 0 bridgehead atoms. The Labute approximate surface area is 164 Å². The van der Waals surface area contributed by atoms with Gasteiger partial charge in [-0.05, 0) is 70.1 Å². The highest BCUT2D eigenvalue weighted by molar-refractivity contribution is 5.79. The van der Waals surface area contributed by atoms with Crippen molar-refractivity contribution in [3.63, 3.8) is 0 Å². The van der Waals surface area contributed by atoms with Crippen LogP contribution in [0.1, 0.15) is 61.6 Å². The minimum atomic E-state index is -0.154. The fraction of sp³-hybridized carbons (Fsp3) is 0.571. The number of primary amides is 1. The minimum absolute atomic E-state index is 0.0314. The Morgan fingerprint density at radius 1 is 1.14 bits per heavy atom. The molecule has 7 heteroatoms. The molecule has 28 heavy (non-hydrogen) atoms.